The molecule has 2 aromatic heterocycles. The van der Waals surface area contributed by atoms with E-state index in [2.05, 4.69) is 4.98 Å². The molecular weight excluding hydrogens is 396 g/mol. The number of aromatic amines is 1. The number of aromatic nitrogens is 1. The van der Waals surface area contributed by atoms with E-state index in [0.717, 1.165) is 23.9 Å². The van der Waals surface area contributed by atoms with Crippen molar-refractivity contribution >= 4 is 28.5 Å². The summed E-state index contributed by atoms with van der Waals surface area (Å²) < 4.78 is 33.4. The van der Waals surface area contributed by atoms with E-state index in [0.29, 0.717) is 5.76 Å². The number of hydrogen-bond donors (Lipinski definition) is 1. The number of rotatable bonds is 3. The Hall–Kier alpha value is -3.49. The van der Waals surface area contributed by atoms with Gasteiger partial charge in [0.1, 0.15) is 17.4 Å². The zero-order valence-electron chi connectivity index (χ0n) is 16.4. The minimum Gasteiger partial charge on any atom is -0.456 e. The molecule has 1 saturated heterocycles. The third-order valence-electron chi connectivity index (χ3n) is 5.40. The second-order valence-electron chi connectivity index (χ2n) is 7.24. The van der Waals surface area contributed by atoms with Crippen LogP contribution in [0.1, 0.15) is 32.2 Å². The lowest BCUT2D eigenvalue weighted by Crippen LogP contribution is -2.52. The number of fused-ring (bicyclic) bond motifs is 1. The van der Waals surface area contributed by atoms with Gasteiger partial charge >= 0.3 is 0 Å². The fraction of sp³-hybridized carbons (Fsp3) is 0.286. The molecule has 0 aliphatic carbocycles. The molecule has 4 rings (SSSR count). The highest BCUT2D eigenvalue weighted by Gasteiger charge is 2.31. The van der Waals surface area contributed by atoms with Gasteiger partial charge < -0.3 is 19.2 Å². The Morgan fingerprint density at radius 1 is 1.00 bits per heavy atom. The quantitative estimate of drug-likeness (QED) is 0.527. The Balaban J connectivity index is 1.46. The van der Waals surface area contributed by atoms with Gasteiger partial charge in [0, 0.05) is 37.8 Å². The van der Waals surface area contributed by atoms with Gasteiger partial charge in [-0.25, -0.2) is 8.78 Å². The molecule has 0 unspecified atom stereocenters. The number of aryl methyl sites for hydroxylation is 2. The van der Waals surface area contributed by atoms with E-state index in [1.54, 1.807) is 17.9 Å². The first-order valence-corrected chi connectivity index (χ1v) is 9.43. The maximum atomic E-state index is 14.1. The standard InChI is InChI=1S/C21H19F2N3O4/c1-11-9-16(30-12(11)2)20(28)25-5-7-26(8-6-25)21(29)19(27)13-10-24-18-15(23)4-3-14(22)17(13)18/h3-4,9-10,24H,5-8H2,1-2H3. The number of carbonyl (C=O) groups excluding carboxylic acids is 3. The molecule has 1 aliphatic rings. The molecule has 1 fully saturated rings. The number of H-pyrrole nitrogens is 1. The number of nitrogens with one attached hydrogen (secondary N) is 1. The van der Waals surface area contributed by atoms with Gasteiger partial charge in [0.25, 0.3) is 17.6 Å². The molecule has 1 aliphatic heterocycles. The van der Waals surface area contributed by atoms with Gasteiger partial charge in [-0.15, -0.1) is 0 Å². The Labute approximate surface area is 170 Å². The highest BCUT2D eigenvalue weighted by atomic mass is 19.1. The number of furan rings is 1. The molecule has 3 aromatic rings. The highest BCUT2D eigenvalue weighted by Crippen LogP contribution is 2.25. The van der Waals surface area contributed by atoms with Crippen LogP contribution in [0.4, 0.5) is 8.78 Å². The first-order chi connectivity index (χ1) is 14.3. The van der Waals surface area contributed by atoms with Gasteiger partial charge in [0.15, 0.2) is 5.76 Å². The Bertz CT molecular complexity index is 1150. The summed E-state index contributed by atoms with van der Waals surface area (Å²) in [5.41, 5.74) is 0.498. The smallest absolute Gasteiger partial charge is 0.295 e. The van der Waals surface area contributed by atoms with Crippen LogP contribution in [-0.4, -0.2) is 58.6 Å². The summed E-state index contributed by atoms with van der Waals surface area (Å²) in [7, 11) is 0. The van der Waals surface area contributed by atoms with Crippen LogP contribution in [-0.2, 0) is 4.79 Å². The number of benzene rings is 1. The number of ketones is 1. The molecule has 0 atom stereocenters. The van der Waals surface area contributed by atoms with Crippen molar-refractivity contribution in [2.75, 3.05) is 26.2 Å². The molecule has 30 heavy (non-hydrogen) atoms. The van der Waals surface area contributed by atoms with Crippen molar-refractivity contribution in [1.82, 2.24) is 14.8 Å². The van der Waals surface area contributed by atoms with E-state index in [-0.39, 0.29) is 54.3 Å². The van der Waals surface area contributed by atoms with E-state index in [1.165, 1.54) is 4.90 Å². The molecule has 1 N–H and O–H groups in total. The number of halogens is 2. The van der Waals surface area contributed by atoms with Crippen LogP contribution in [0.2, 0.25) is 0 Å². The third-order valence-corrected chi connectivity index (χ3v) is 5.40. The predicted molar refractivity (Wildman–Crippen MR) is 103 cm³/mol. The van der Waals surface area contributed by atoms with Crippen molar-refractivity contribution in [3.8, 4) is 0 Å². The SMILES string of the molecule is Cc1cc(C(=O)N2CCN(C(=O)C(=O)c3c[nH]c4c(F)ccc(F)c34)CC2)oc1C. The van der Waals surface area contributed by atoms with Gasteiger partial charge in [-0.05, 0) is 37.6 Å². The van der Waals surface area contributed by atoms with Crippen LogP contribution < -0.4 is 0 Å². The van der Waals surface area contributed by atoms with Crippen LogP contribution in [0.15, 0.2) is 28.8 Å². The maximum absolute atomic E-state index is 14.1. The lowest BCUT2D eigenvalue weighted by Gasteiger charge is -2.33. The van der Waals surface area contributed by atoms with Crippen LogP contribution in [0.3, 0.4) is 0 Å². The first-order valence-electron chi connectivity index (χ1n) is 9.43. The summed E-state index contributed by atoms with van der Waals surface area (Å²) in [5, 5.41) is -0.245. The van der Waals surface area contributed by atoms with E-state index in [9.17, 15) is 23.2 Å². The van der Waals surface area contributed by atoms with Crippen molar-refractivity contribution in [2.24, 2.45) is 0 Å². The van der Waals surface area contributed by atoms with Crippen LogP contribution >= 0.6 is 0 Å². The molecule has 0 bridgehead atoms. The zero-order chi connectivity index (χ0) is 21.6. The summed E-state index contributed by atoms with van der Waals surface area (Å²) >= 11 is 0. The molecular formula is C21H19F2N3O4. The van der Waals surface area contributed by atoms with Gasteiger partial charge in [-0.2, -0.15) is 0 Å². The van der Waals surface area contributed by atoms with E-state index in [4.69, 9.17) is 4.42 Å². The molecule has 156 valence electrons. The average molecular weight is 415 g/mol. The average Bonchev–Trinajstić information content (AvgIpc) is 3.34. The molecule has 0 spiro atoms. The number of carbonyl (C=O) groups is 3. The number of piperazine rings is 1. The maximum Gasteiger partial charge on any atom is 0.295 e. The molecule has 0 radical (unpaired) electrons. The van der Waals surface area contributed by atoms with Crippen LogP contribution in [0, 0.1) is 25.5 Å². The summed E-state index contributed by atoms with van der Waals surface area (Å²) in [6, 6.07) is 3.53. The number of nitrogens with zero attached hydrogens (tertiary/aromatic N) is 2. The lowest BCUT2D eigenvalue weighted by atomic mass is 10.1. The summed E-state index contributed by atoms with van der Waals surface area (Å²) in [6.07, 6.45) is 1.14. The monoisotopic (exact) mass is 415 g/mol. The first kappa shape index (κ1) is 19.8. The van der Waals surface area contributed by atoms with Gasteiger partial charge in [0.05, 0.1) is 11.1 Å². The zero-order valence-corrected chi connectivity index (χ0v) is 16.4. The van der Waals surface area contributed by atoms with Crippen molar-refractivity contribution in [2.45, 2.75) is 13.8 Å². The summed E-state index contributed by atoms with van der Waals surface area (Å²) in [6.45, 7) is 4.37. The molecule has 1 aromatic carbocycles. The molecule has 9 heteroatoms. The Morgan fingerprint density at radius 3 is 2.27 bits per heavy atom. The topological polar surface area (TPSA) is 86.6 Å². The molecule has 0 saturated carbocycles. The fourth-order valence-corrected chi connectivity index (χ4v) is 3.56. The van der Waals surface area contributed by atoms with E-state index in [1.807, 2.05) is 6.92 Å². The molecule has 7 nitrogen and oxygen atoms in total. The van der Waals surface area contributed by atoms with Gasteiger partial charge in [-0.3, -0.25) is 14.4 Å². The van der Waals surface area contributed by atoms with Crippen molar-refractivity contribution in [3.05, 3.63) is 58.7 Å². The minimum absolute atomic E-state index is 0.147. The van der Waals surface area contributed by atoms with Crippen molar-refractivity contribution in [1.29, 1.82) is 0 Å². The summed E-state index contributed by atoms with van der Waals surface area (Å²) in [4.78, 5) is 43.2. The van der Waals surface area contributed by atoms with E-state index < -0.39 is 23.3 Å². The third kappa shape index (κ3) is 3.26. The van der Waals surface area contributed by atoms with E-state index >= 15 is 0 Å². The van der Waals surface area contributed by atoms with Gasteiger partial charge in [0.2, 0.25) is 0 Å². The normalized spacial score (nSPS) is 14.4. The fourth-order valence-electron chi connectivity index (χ4n) is 3.56. The van der Waals surface area contributed by atoms with Crippen molar-refractivity contribution in [3.63, 3.8) is 0 Å². The molecule has 2 amide bonds. The minimum atomic E-state index is -0.928. The number of hydrogen-bond acceptors (Lipinski definition) is 4. The second kappa shape index (κ2) is 7.40. The predicted octanol–water partition coefficient (Wildman–Crippen LogP) is 2.82. The van der Waals surface area contributed by atoms with Crippen LogP contribution in [0.25, 0.3) is 10.9 Å². The Morgan fingerprint density at radius 2 is 1.63 bits per heavy atom. The highest BCUT2D eigenvalue weighted by molar-refractivity contribution is 6.44. The lowest BCUT2D eigenvalue weighted by molar-refractivity contribution is -0.127. The van der Waals surface area contributed by atoms with Crippen LogP contribution in [0.5, 0.6) is 0 Å². The number of amides is 2. The largest absolute Gasteiger partial charge is 0.456 e. The number of Topliss-reactive ketones (excluding diaryl/α,β-unsaturated/α-hetero) is 1. The van der Waals surface area contributed by atoms with Crippen molar-refractivity contribution < 1.29 is 27.6 Å². The Kier molecular flexibility index (Phi) is 4.89. The second-order valence-corrected chi connectivity index (χ2v) is 7.24. The molecule has 3 heterocycles. The summed E-state index contributed by atoms with van der Waals surface area (Å²) in [5.74, 6) is -2.63. The van der Waals surface area contributed by atoms with Gasteiger partial charge in [-0.1, -0.05) is 0 Å².